The van der Waals surface area contributed by atoms with Gasteiger partial charge in [0.05, 0.1) is 0 Å². The van der Waals surface area contributed by atoms with Crippen LogP contribution in [0.25, 0.3) is 21.9 Å². The van der Waals surface area contributed by atoms with Crippen LogP contribution in [0.5, 0.6) is 0 Å². The molecule has 188 valence electrons. The number of fused-ring (bicyclic) bond motifs is 2. The first-order valence-corrected chi connectivity index (χ1v) is 12.6. The molecule has 2 heterocycles. The molecule has 0 aliphatic carbocycles. The summed E-state index contributed by atoms with van der Waals surface area (Å²) < 4.78 is 11.1. The molecular formula is C29H32N2O5. The second-order valence-electron chi connectivity index (χ2n) is 8.96. The zero-order valence-corrected chi connectivity index (χ0v) is 21.3. The Kier molecular flexibility index (Phi) is 7.29. The van der Waals surface area contributed by atoms with E-state index in [0.717, 1.165) is 49.2 Å². The van der Waals surface area contributed by atoms with Crippen molar-refractivity contribution in [3.63, 3.8) is 0 Å². The van der Waals surface area contributed by atoms with Gasteiger partial charge in [-0.25, -0.2) is 9.59 Å². The fourth-order valence-electron chi connectivity index (χ4n) is 4.73. The number of carbonyl (C=O) groups excluding carboxylic acids is 1. The van der Waals surface area contributed by atoms with Gasteiger partial charge in [0, 0.05) is 46.9 Å². The van der Waals surface area contributed by atoms with Crippen LogP contribution >= 0.6 is 0 Å². The number of hydrogen-bond donors (Lipinski definition) is 1. The van der Waals surface area contributed by atoms with E-state index in [9.17, 15) is 14.4 Å². The van der Waals surface area contributed by atoms with Gasteiger partial charge in [-0.2, -0.15) is 0 Å². The highest BCUT2D eigenvalue weighted by molar-refractivity contribution is 6.11. The molecule has 0 aliphatic heterocycles. The lowest BCUT2D eigenvalue weighted by molar-refractivity contribution is 0.103. The monoisotopic (exact) mass is 488 g/mol. The van der Waals surface area contributed by atoms with Crippen molar-refractivity contribution in [1.29, 1.82) is 0 Å². The molecule has 0 unspecified atom stereocenters. The average molecular weight is 489 g/mol. The first-order chi connectivity index (χ1) is 17.3. The Balaban J connectivity index is 1.84. The molecule has 0 saturated carbocycles. The Morgan fingerprint density at radius 2 is 1.47 bits per heavy atom. The molecule has 0 fully saturated rings. The standard InChI is InChI=1S/C29H32N2O5/c1-5-9-18-13-19-15-23(29(34)36-27(19)21(10-6-2)25(18)30)26(32)22-14-17-11-12-20(31(7-3)8-4)16-24(17)35-28(22)33/h11-16H,5-10,30H2,1-4H3. The SMILES string of the molecule is CCCc1cc2cc(C(=O)c3cc4ccc(N(CC)CC)cc4oc3=O)c(=O)oc2c(CCC)c1N. The molecule has 7 nitrogen and oxygen atoms in total. The van der Waals surface area contributed by atoms with E-state index in [1.807, 2.05) is 39.0 Å². The Labute approximate surface area is 209 Å². The van der Waals surface area contributed by atoms with Crippen LogP contribution in [0.15, 0.2) is 54.8 Å². The van der Waals surface area contributed by atoms with Gasteiger partial charge in [-0.05, 0) is 62.6 Å². The van der Waals surface area contributed by atoms with Gasteiger partial charge in [-0.1, -0.05) is 26.7 Å². The van der Waals surface area contributed by atoms with E-state index < -0.39 is 17.0 Å². The Hall–Kier alpha value is -3.87. The summed E-state index contributed by atoms with van der Waals surface area (Å²) in [5, 5.41) is 1.22. The summed E-state index contributed by atoms with van der Waals surface area (Å²) in [5.74, 6) is -0.722. The maximum Gasteiger partial charge on any atom is 0.347 e. The van der Waals surface area contributed by atoms with Crippen LogP contribution in [-0.2, 0) is 12.8 Å². The van der Waals surface area contributed by atoms with Crippen molar-refractivity contribution in [2.75, 3.05) is 23.7 Å². The van der Waals surface area contributed by atoms with E-state index >= 15 is 0 Å². The third-order valence-corrected chi connectivity index (χ3v) is 6.61. The normalized spacial score (nSPS) is 11.3. The molecule has 0 radical (unpaired) electrons. The predicted octanol–water partition coefficient (Wildman–Crippen LogP) is 5.46. The quantitative estimate of drug-likeness (QED) is 0.189. The second-order valence-corrected chi connectivity index (χ2v) is 8.96. The van der Waals surface area contributed by atoms with Crippen molar-refractivity contribution < 1.29 is 13.6 Å². The Bertz CT molecular complexity index is 1560. The van der Waals surface area contributed by atoms with Gasteiger partial charge in [0.25, 0.3) is 0 Å². The topological polar surface area (TPSA) is 107 Å². The minimum Gasteiger partial charge on any atom is -0.422 e. The fraction of sp³-hybridized carbons (Fsp3) is 0.345. The van der Waals surface area contributed by atoms with Gasteiger partial charge in [0.1, 0.15) is 22.3 Å². The summed E-state index contributed by atoms with van der Waals surface area (Å²) in [4.78, 5) is 41.2. The van der Waals surface area contributed by atoms with Gasteiger partial charge in [-0.3, -0.25) is 4.79 Å². The number of hydrogen-bond acceptors (Lipinski definition) is 7. The highest BCUT2D eigenvalue weighted by Gasteiger charge is 2.22. The molecule has 2 aromatic heterocycles. The molecule has 0 spiro atoms. The first-order valence-electron chi connectivity index (χ1n) is 12.6. The minimum absolute atomic E-state index is 0.205. The van der Waals surface area contributed by atoms with Gasteiger partial charge in [0.2, 0.25) is 5.78 Å². The molecular weight excluding hydrogens is 456 g/mol. The molecule has 0 atom stereocenters. The van der Waals surface area contributed by atoms with E-state index in [-0.39, 0.29) is 11.1 Å². The van der Waals surface area contributed by atoms with Crippen LogP contribution in [-0.4, -0.2) is 18.9 Å². The third kappa shape index (κ3) is 4.53. The molecule has 7 heteroatoms. The molecule has 4 rings (SSSR count). The molecule has 0 saturated heterocycles. The summed E-state index contributed by atoms with van der Waals surface area (Å²) in [6.45, 7) is 9.81. The van der Waals surface area contributed by atoms with Crippen molar-refractivity contribution in [3.8, 4) is 0 Å². The number of ketones is 1. The van der Waals surface area contributed by atoms with Gasteiger partial charge in [-0.15, -0.1) is 0 Å². The van der Waals surface area contributed by atoms with E-state index in [1.165, 1.54) is 12.1 Å². The Morgan fingerprint density at radius 1 is 0.833 bits per heavy atom. The maximum absolute atomic E-state index is 13.4. The van der Waals surface area contributed by atoms with Crippen LogP contribution in [0.1, 0.15) is 67.6 Å². The lowest BCUT2D eigenvalue weighted by Gasteiger charge is -2.20. The van der Waals surface area contributed by atoms with Crippen LogP contribution in [0.4, 0.5) is 11.4 Å². The number of nitrogens with zero attached hydrogens (tertiary/aromatic N) is 1. The molecule has 2 N–H and O–H groups in total. The molecule has 2 aromatic carbocycles. The van der Waals surface area contributed by atoms with Crippen LogP contribution in [0, 0.1) is 0 Å². The van der Waals surface area contributed by atoms with Crippen molar-refractivity contribution >= 4 is 39.1 Å². The number of anilines is 2. The van der Waals surface area contributed by atoms with E-state index in [1.54, 1.807) is 6.07 Å². The molecule has 0 aliphatic rings. The number of nitrogen functional groups attached to an aromatic ring is 1. The predicted molar refractivity (Wildman–Crippen MR) is 144 cm³/mol. The summed E-state index contributed by atoms with van der Waals surface area (Å²) in [6.07, 6.45) is 3.15. The maximum atomic E-state index is 13.4. The smallest absolute Gasteiger partial charge is 0.347 e. The minimum atomic E-state index is -0.802. The number of aryl methyl sites for hydroxylation is 2. The van der Waals surface area contributed by atoms with Crippen molar-refractivity contribution in [1.82, 2.24) is 0 Å². The van der Waals surface area contributed by atoms with E-state index in [2.05, 4.69) is 11.8 Å². The van der Waals surface area contributed by atoms with Gasteiger partial charge < -0.3 is 19.5 Å². The summed E-state index contributed by atoms with van der Waals surface area (Å²) in [6, 6.07) is 10.4. The number of benzene rings is 2. The van der Waals surface area contributed by atoms with Crippen LogP contribution in [0.2, 0.25) is 0 Å². The van der Waals surface area contributed by atoms with Crippen LogP contribution < -0.4 is 21.9 Å². The molecule has 0 amide bonds. The second kappa shape index (κ2) is 10.4. The highest BCUT2D eigenvalue weighted by Crippen LogP contribution is 2.30. The largest absolute Gasteiger partial charge is 0.422 e. The Morgan fingerprint density at radius 3 is 2.11 bits per heavy atom. The zero-order valence-electron chi connectivity index (χ0n) is 21.3. The lowest BCUT2D eigenvalue weighted by Crippen LogP contribution is -2.22. The number of rotatable bonds is 9. The molecule has 36 heavy (non-hydrogen) atoms. The summed E-state index contributed by atoms with van der Waals surface area (Å²) >= 11 is 0. The highest BCUT2D eigenvalue weighted by atomic mass is 16.4. The summed E-state index contributed by atoms with van der Waals surface area (Å²) in [5.41, 5.74) is 8.46. The summed E-state index contributed by atoms with van der Waals surface area (Å²) in [7, 11) is 0. The number of nitrogens with two attached hydrogens (primary N) is 1. The van der Waals surface area contributed by atoms with Gasteiger partial charge >= 0.3 is 11.3 Å². The zero-order chi connectivity index (χ0) is 26.0. The van der Waals surface area contributed by atoms with Crippen LogP contribution in [0.3, 0.4) is 0 Å². The number of carbonyl (C=O) groups is 1. The van der Waals surface area contributed by atoms with Gasteiger partial charge in [0.15, 0.2) is 0 Å². The van der Waals surface area contributed by atoms with Crippen molar-refractivity contribution in [2.45, 2.75) is 53.4 Å². The third-order valence-electron chi connectivity index (χ3n) is 6.61. The van der Waals surface area contributed by atoms with E-state index in [0.29, 0.717) is 34.0 Å². The van der Waals surface area contributed by atoms with E-state index in [4.69, 9.17) is 14.6 Å². The first kappa shape index (κ1) is 25.2. The average Bonchev–Trinajstić information content (AvgIpc) is 2.86. The lowest BCUT2D eigenvalue weighted by atomic mass is 9.96. The van der Waals surface area contributed by atoms with Crippen molar-refractivity contribution in [2.24, 2.45) is 0 Å². The molecule has 4 aromatic rings. The molecule has 0 bridgehead atoms. The van der Waals surface area contributed by atoms with Crippen molar-refractivity contribution in [3.05, 3.63) is 79.5 Å². The fourth-order valence-corrected chi connectivity index (χ4v) is 4.73.